The molecule has 0 atom stereocenters. The van der Waals surface area contributed by atoms with Gasteiger partial charge in [-0.2, -0.15) is 0 Å². The van der Waals surface area contributed by atoms with Crippen molar-refractivity contribution in [2.45, 2.75) is 6.54 Å². The summed E-state index contributed by atoms with van der Waals surface area (Å²) in [4.78, 5) is 18.7. The molecule has 2 rings (SSSR count). The third kappa shape index (κ3) is 2.83. The number of carbonyl (C=O) groups is 1. The van der Waals surface area contributed by atoms with Gasteiger partial charge in [-0.25, -0.2) is 4.98 Å². The summed E-state index contributed by atoms with van der Waals surface area (Å²) in [5.41, 5.74) is 0.112. The maximum absolute atomic E-state index is 11.9. The minimum atomic E-state index is -0.424. The molecule has 2 aromatic rings. The predicted octanol–water partition coefficient (Wildman–Crippen LogP) is 2.46. The number of hydrogen-bond acceptors (Lipinski definition) is 3. The van der Waals surface area contributed by atoms with Crippen LogP contribution in [0.25, 0.3) is 0 Å². The Morgan fingerprint density at radius 3 is 3.00 bits per heavy atom. The molecule has 18 heavy (non-hydrogen) atoms. The zero-order valence-corrected chi connectivity index (χ0v) is 11.4. The molecule has 0 spiro atoms. The van der Waals surface area contributed by atoms with E-state index in [1.165, 1.54) is 12.1 Å². The molecule has 0 bridgehead atoms. The number of hydrogen-bond donors (Lipinski definition) is 3. The number of benzene rings is 1. The molecule has 1 aromatic heterocycles. The second-order valence-electron chi connectivity index (χ2n) is 3.50. The van der Waals surface area contributed by atoms with Crippen molar-refractivity contribution >= 4 is 33.4 Å². The molecule has 1 heterocycles. The van der Waals surface area contributed by atoms with Gasteiger partial charge in [0, 0.05) is 16.9 Å². The average Bonchev–Trinajstić information content (AvgIpc) is 2.83. The van der Waals surface area contributed by atoms with Crippen LogP contribution in [0.2, 0.25) is 5.02 Å². The van der Waals surface area contributed by atoms with Crippen molar-refractivity contribution < 1.29 is 9.90 Å². The van der Waals surface area contributed by atoms with Crippen molar-refractivity contribution in [1.29, 1.82) is 0 Å². The molecular weight excluding hydrogens is 321 g/mol. The van der Waals surface area contributed by atoms with E-state index in [4.69, 9.17) is 11.6 Å². The molecule has 0 radical (unpaired) electrons. The predicted molar refractivity (Wildman–Crippen MR) is 70.6 cm³/mol. The second-order valence-corrected chi connectivity index (χ2v) is 4.83. The van der Waals surface area contributed by atoms with Crippen molar-refractivity contribution in [3.05, 3.63) is 45.4 Å². The van der Waals surface area contributed by atoms with Crippen LogP contribution >= 0.6 is 27.5 Å². The topological polar surface area (TPSA) is 78.0 Å². The molecule has 0 aliphatic heterocycles. The number of amides is 1. The van der Waals surface area contributed by atoms with Gasteiger partial charge in [0.25, 0.3) is 5.91 Å². The van der Waals surface area contributed by atoms with Crippen LogP contribution in [-0.2, 0) is 6.54 Å². The van der Waals surface area contributed by atoms with Gasteiger partial charge in [0.2, 0.25) is 0 Å². The molecule has 5 nitrogen and oxygen atoms in total. The summed E-state index contributed by atoms with van der Waals surface area (Å²) in [6.45, 7) is 0.245. The van der Waals surface area contributed by atoms with Crippen molar-refractivity contribution in [3.63, 3.8) is 0 Å². The van der Waals surface area contributed by atoms with E-state index >= 15 is 0 Å². The first-order valence-corrected chi connectivity index (χ1v) is 6.19. The van der Waals surface area contributed by atoms with Crippen LogP contribution in [0.1, 0.15) is 16.2 Å². The summed E-state index contributed by atoms with van der Waals surface area (Å²) < 4.78 is 0.619. The highest BCUT2D eigenvalue weighted by Crippen LogP contribution is 2.31. The highest BCUT2D eigenvalue weighted by Gasteiger charge is 2.15. The van der Waals surface area contributed by atoms with Crippen LogP contribution in [0, 0.1) is 0 Å². The standard InChI is InChI=1S/C11H9BrClN3O2/c12-6-3-7(10(17)8(13)4-6)11(18)16-5-9-14-1-2-15-9/h1-4,17H,5H2,(H,14,15)(H,16,18). The largest absolute Gasteiger partial charge is 0.506 e. The van der Waals surface area contributed by atoms with E-state index < -0.39 is 5.91 Å². The third-order valence-corrected chi connectivity index (χ3v) is 2.99. The van der Waals surface area contributed by atoms with E-state index in [1.807, 2.05) is 0 Å². The fraction of sp³-hybridized carbons (Fsp3) is 0.0909. The number of H-pyrrole nitrogens is 1. The first-order chi connectivity index (χ1) is 8.58. The Hall–Kier alpha value is -1.53. The van der Waals surface area contributed by atoms with Gasteiger partial charge >= 0.3 is 0 Å². The summed E-state index contributed by atoms with van der Waals surface area (Å²) in [6, 6.07) is 3.01. The Morgan fingerprint density at radius 1 is 1.56 bits per heavy atom. The second kappa shape index (κ2) is 5.41. The molecule has 7 heteroatoms. The summed E-state index contributed by atoms with van der Waals surface area (Å²) in [6.07, 6.45) is 3.25. The maximum atomic E-state index is 11.9. The van der Waals surface area contributed by atoms with Gasteiger partial charge in [0.1, 0.15) is 11.6 Å². The van der Waals surface area contributed by atoms with Gasteiger partial charge in [0.05, 0.1) is 17.1 Å². The lowest BCUT2D eigenvalue weighted by molar-refractivity contribution is 0.0947. The summed E-state index contributed by atoms with van der Waals surface area (Å²) in [7, 11) is 0. The first kappa shape index (κ1) is 12.9. The number of rotatable bonds is 3. The zero-order valence-electron chi connectivity index (χ0n) is 9.08. The summed E-state index contributed by atoms with van der Waals surface area (Å²) in [5.74, 6) is -0.0344. The van der Waals surface area contributed by atoms with E-state index in [0.717, 1.165) is 0 Å². The van der Waals surface area contributed by atoms with Gasteiger partial charge in [0.15, 0.2) is 0 Å². The average molecular weight is 331 g/mol. The van der Waals surface area contributed by atoms with Crippen molar-refractivity contribution in [1.82, 2.24) is 15.3 Å². The Bertz CT molecular complexity index is 572. The first-order valence-electron chi connectivity index (χ1n) is 5.02. The minimum Gasteiger partial charge on any atom is -0.506 e. The Labute approximate surface area is 116 Å². The van der Waals surface area contributed by atoms with Crippen LogP contribution < -0.4 is 5.32 Å². The number of nitrogens with zero attached hydrogens (tertiary/aromatic N) is 1. The number of imidazole rings is 1. The molecule has 1 amide bonds. The van der Waals surface area contributed by atoms with Crippen LogP contribution in [-0.4, -0.2) is 21.0 Å². The molecule has 0 aliphatic carbocycles. The van der Waals surface area contributed by atoms with Gasteiger partial charge in [-0.1, -0.05) is 27.5 Å². The molecule has 0 saturated heterocycles. The highest BCUT2D eigenvalue weighted by molar-refractivity contribution is 9.10. The fourth-order valence-electron chi connectivity index (χ4n) is 1.39. The number of aromatic amines is 1. The number of phenols is 1. The molecule has 0 fully saturated rings. The molecule has 0 unspecified atom stereocenters. The smallest absolute Gasteiger partial charge is 0.255 e. The van der Waals surface area contributed by atoms with Gasteiger partial charge in [-0.05, 0) is 12.1 Å². The normalized spacial score (nSPS) is 10.3. The van der Waals surface area contributed by atoms with E-state index in [-0.39, 0.29) is 22.9 Å². The SMILES string of the molecule is O=C(NCc1ncc[nH]1)c1cc(Br)cc(Cl)c1O. The lowest BCUT2D eigenvalue weighted by atomic mass is 10.2. The quantitative estimate of drug-likeness (QED) is 0.809. The van der Waals surface area contributed by atoms with Gasteiger partial charge < -0.3 is 15.4 Å². The molecule has 0 saturated carbocycles. The van der Waals surface area contributed by atoms with Crippen molar-refractivity contribution in [2.24, 2.45) is 0 Å². The molecule has 94 valence electrons. The monoisotopic (exact) mass is 329 g/mol. The van der Waals surface area contributed by atoms with Crippen molar-refractivity contribution in [3.8, 4) is 5.75 Å². The molecule has 1 aromatic carbocycles. The van der Waals surface area contributed by atoms with E-state index in [2.05, 4.69) is 31.2 Å². The maximum Gasteiger partial charge on any atom is 0.255 e. The number of aromatic nitrogens is 2. The number of carbonyl (C=O) groups excluding carboxylic acids is 1. The molecular formula is C11H9BrClN3O2. The minimum absolute atomic E-state index is 0.112. The number of aromatic hydroxyl groups is 1. The number of nitrogens with one attached hydrogen (secondary N) is 2. The van der Waals surface area contributed by atoms with Crippen molar-refractivity contribution in [2.75, 3.05) is 0 Å². The Balaban J connectivity index is 2.14. The lowest BCUT2D eigenvalue weighted by Crippen LogP contribution is -2.23. The lowest BCUT2D eigenvalue weighted by Gasteiger charge is -2.07. The molecule has 3 N–H and O–H groups in total. The van der Waals surface area contributed by atoms with Gasteiger partial charge in [-0.15, -0.1) is 0 Å². The van der Waals surface area contributed by atoms with Crippen LogP contribution in [0.4, 0.5) is 0 Å². The molecule has 0 aliphatic rings. The van der Waals surface area contributed by atoms with Gasteiger partial charge in [-0.3, -0.25) is 4.79 Å². The van der Waals surface area contributed by atoms with Crippen LogP contribution in [0.15, 0.2) is 29.0 Å². The van der Waals surface area contributed by atoms with Crippen LogP contribution in [0.3, 0.4) is 0 Å². The van der Waals surface area contributed by atoms with E-state index in [0.29, 0.717) is 10.3 Å². The zero-order chi connectivity index (χ0) is 13.1. The Kier molecular flexibility index (Phi) is 3.88. The summed E-state index contributed by atoms with van der Waals surface area (Å²) in [5, 5.41) is 12.5. The fourth-order valence-corrected chi connectivity index (χ4v) is 2.20. The highest BCUT2D eigenvalue weighted by atomic mass is 79.9. The van der Waals surface area contributed by atoms with E-state index in [9.17, 15) is 9.90 Å². The number of phenolic OH excluding ortho intramolecular Hbond substituents is 1. The number of halogens is 2. The Morgan fingerprint density at radius 2 is 2.33 bits per heavy atom. The van der Waals surface area contributed by atoms with E-state index in [1.54, 1.807) is 12.4 Å². The van der Waals surface area contributed by atoms with Crippen LogP contribution in [0.5, 0.6) is 5.75 Å². The third-order valence-electron chi connectivity index (χ3n) is 2.24. The summed E-state index contributed by atoms with van der Waals surface area (Å²) >= 11 is 9.00.